The molecule has 0 aliphatic carbocycles. The van der Waals surface area contributed by atoms with Gasteiger partial charge in [-0.05, 0) is 18.3 Å². The quantitative estimate of drug-likeness (QED) is 0.764. The summed E-state index contributed by atoms with van der Waals surface area (Å²) in [6, 6.07) is -0.779. The Morgan fingerprint density at radius 3 is 2.65 bits per heavy atom. The van der Waals surface area contributed by atoms with Gasteiger partial charge in [0.2, 0.25) is 0 Å². The highest BCUT2D eigenvalue weighted by Gasteiger charge is 2.38. The van der Waals surface area contributed by atoms with E-state index in [0.29, 0.717) is 18.9 Å². The molecule has 1 heterocycles. The maximum absolute atomic E-state index is 11.7. The van der Waals surface area contributed by atoms with E-state index in [2.05, 4.69) is 6.58 Å². The van der Waals surface area contributed by atoms with Gasteiger partial charge >= 0.3 is 12.1 Å². The number of likely N-dealkylation sites (tertiary alicyclic amines) is 1. The Hall–Kier alpha value is -1.52. The number of carboxylic acid groups (broad SMARTS) is 1. The molecular weight excluding hydrogens is 222 g/mol. The summed E-state index contributed by atoms with van der Waals surface area (Å²) in [5.41, 5.74) is 0. The minimum Gasteiger partial charge on any atom is -0.480 e. The first-order valence-corrected chi connectivity index (χ1v) is 5.74. The second kappa shape index (κ2) is 5.70. The summed E-state index contributed by atoms with van der Waals surface area (Å²) in [6.45, 7) is 7.99. The van der Waals surface area contributed by atoms with Gasteiger partial charge in [-0.3, -0.25) is 4.90 Å². The van der Waals surface area contributed by atoms with Crippen LogP contribution in [-0.4, -0.2) is 41.3 Å². The Balaban J connectivity index is 2.74. The number of rotatable bonds is 3. The Morgan fingerprint density at radius 2 is 2.12 bits per heavy atom. The van der Waals surface area contributed by atoms with Crippen LogP contribution in [0.15, 0.2) is 12.7 Å². The second-order valence-electron chi connectivity index (χ2n) is 4.56. The summed E-state index contributed by atoms with van der Waals surface area (Å²) >= 11 is 0. The first-order valence-electron chi connectivity index (χ1n) is 5.74. The SMILES string of the molecule is C=CCOC(=O)N1CC(C)C(C)CC1C(=O)O. The van der Waals surface area contributed by atoms with Gasteiger partial charge in [-0.1, -0.05) is 26.5 Å². The van der Waals surface area contributed by atoms with Crippen LogP contribution in [0.1, 0.15) is 20.3 Å². The molecule has 3 unspecified atom stereocenters. The number of carboxylic acids is 1. The van der Waals surface area contributed by atoms with Crippen molar-refractivity contribution in [3.8, 4) is 0 Å². The van der Waals surface area contributed by atoms with Crippen LogP contribution < -0.4 is 0 Å². The second-order valence-corrected chi connectivity index (χ2v) is 4.56. The van der Waals surface area contributed by atoms with Crippen LogP contribution in [0.25, 0.3) is 0 Å². The fourth-order valence-corrected chi connectivity index (χ4v) is 1.98. The number of aliphatic carboxylic acids is 1. The minimum absolute atomic E-state index is 0.103. The summed E-state index contributed by atoms with van der Waals surface area (Å²) in [4.78, 5) is 24.1. The molecule has 0 aromatic carbocycles. The van der Waals surface area contributed by atoms with Crippen molar-refractivity contribution in [3.05, 3.63) is 12.7 Å². The third-order valence-electron chi connectivity index (χ3n) is 3.27. The largest absolute Gasteiger partial charge is 0.480 e. The van der Waals surface area contributed by atoms with Crippen molar-refractivity contribution in [3.63, 3.8) is 0 Å². The molecule has 1 aliphatic heterocycles. The number of hydrogen-bond acceptors (Lipinski definition) is 3. The molecule has 1 aliphatic rings. The van der Waals surface area contributed by atoms with Crippen molar-refractivity contribution in [2.75, 3.05) is 13.2 Å². The van der Waals surface area contributed by atoms with Crippen LogP contribution in [0.3, 0.4) is 0 Å². The lowest BCUT2D eigenvalue weighted by molar-refractivity contribution is -0.145. The van der Waals surface area contributed by atoms with E-state index >= 15 is 0 Å². The van der Waals surface area contributed by atoms with Crippen molar-refractivity contribution in [2.45, 2.75) is 26.3 Å². The molecule has 1 N–H and O–H groups in total. The van der Waals surface area contributed by atoms with E-state index in [1.54, 1.807) is 0 Å². The fourth-order valence-electron chi connectivity index (χ4n) is 1.98. The smallest absolute Gasteiger partial charge is 0.410 e. The lowest BCUT2D eigenvalue weighted by Crippen LogP contribution is -2.52. The molecule has 17 heavy (non-hydrogen) atoms. The standard InChI is InChI=1S/C12H19NO4/c1-4-5-17-12(16)13-7-9(3)8(2)6-10(13)11(14)15/h4,8-10H,1,5-7H2,2-3H3,(H,14,15). The Morgan fingerprint density at radius 1 is 1.47 bits per heavy atom. The molecule has 3 atom stereocenters. The van der Waals surface area contributed by atoms with E-state index in [1.165, 1.54) is 11.0 Å². The van der Waals surface area contributed by atoms with Crippen molar-refractivity contribution >= 4 is 12.1 Å². The lowest BCUT2D eigenvalue weighted by Gasteiger charge is -2.39. The van der Waals surface area contributed by atoms with Gasteiger partial charge in [-0.2, -0.15) is 0 Å². The monoisotopic (exact) mass is 241 g/mol. The minimum atomic E-state index is -0.973. The number of carbonyl (C=O) groups is 2. The fraction of sp³-hybridized carbons (Fsp3) is 0.667. The number of ether oxygens (including phenoxy) is 1. The summed E-state index contributed by atoms with van der Waals surface area (Å²) in [7, 11) is 0. The van der Waals surface area contributed by atoms with E-state index in [4.69, 9.17) is 9.84 Å². The topological polar surface area (TPSA) is 66.8 Å². The van der Waals surface area contributed by atoms with Gasteiger partial charge in [0.25, 0.3) is 0 Å². The maximum atomic E-state index is 11.7. The molecule has 0 spiro atoms. The zero-order chi connectivity index (χ0) is 13.0. The summed E-state index contributed by atoms with van der Waals surface area (Å²) < 4.78 is 4.90. The average Bonchev–Trinajstić information content (AvgIpc) is 2.28. The Labute approximate surface area is 101 Å². The lowest BCUT2D eigenvalue weighted by atomic mass is 9.84. The molecule has 1 amide bonds. The van der Waals surface area contributed by atoms with E-state index in [9.17, 15) is 9.59 Å². The normalized spacial score (nSPS) is 28.6. The van der Waals surface area contributed by atoms with Gasteiger partial charge in [0, 0.05) is 6.54 Å². The van der Waals surface area contributed by atoms with Crippen molar-refractivity contribution in [2.24, 2.45) is 11.8 Å². The summed E-state index contributed by atoms with van der Waals surface area (Å²) in [5.74, 6) is -0.402. The van der Waals surface area contributed by atoms with Crippen LogP contribution in [0.2, 0.25) is 0 Å². The molecule has 1 rings (SSSR count). The van der Waals surface area contributed by atoms with Crippen LogP contribution in [0.4, 0.5) is 4.79 Å². The molecule has 1 fully saturated rings. The zero-order valence-corrected chi connectivity index (χ0v) is 10.3. The van der Waals surface area contributed by atoms with Crippen LogP contribution in [0, 0.1) is 11.8 Å². The zero-order valence-electron chi connectivity index (χ0n) is 10.3. The third-order valence-corrected chi connectivity index (χ3v) is 3.27. The van der Waals surface area contributed by atoms with Gasteiger partial charge in [-0.15, -0.1) is 0 Å². The molecule has 5 heteroatoms. The first-order chi connectivity index (χ1) is 7.97. The molecule has 0 radical (unpaired) electrons. The van der Waals surface area contributed by atoms with Gasteiger partial charge < -0.3 is 9.84 Å². The van der Waals surface area contributed by atoms with E-state index in [0.717, 1.165) is 0 Å². The van der Waals surface area contributed by atoms with Crippen molar-refractivity contribution in [1.82, 2.24) is 4.90 Å². The number of hydrogen-bond donors (Lipinski definition) is 1. The van der Waals surface area contributed by atoms with E-state index < -0.39 is 18.1 Å². The first kappa shape index (κ1) is 13.5. The molecular formula is C12H19NO4. The molecule has 0 saturated carbocycles. The number of nitrogens with zero attached hydrogens (tertiary/aromatic N) is 1. The van der Waals surface area contributed by atoms with Gasteiger partial charge in [-0.25, -0.2) is 9.59 Å². The Kier molecular flexibility index (Phi) is 4.54. The highest BCUT2D eigenvalue weighted by molar-refractivity contribution is 5.80. The van der Waals surface area contributed by atoms with E-state index in [-0.39, 0.29) is 12.5 Å². The molecule has 96 valence electrons. The summed E-state index contributed by atoms with van der Waals surface area (Å²) in [5, 5.41) is 9.12. The van der Waals surface area contributed by atoms with Gasteiger partial charge in [0.15, 0.2) is 0 Å². The number of amides is 1. The Bertz CT molecular complexity index is 316. The number of piperidine rings is 1. The highest BCUT2D eigenvalue weighted by atomic mass is 16.6. The summed E-state index contributed by atoms with van der Waals surface area (Å²) in [6.07, 6.45) is 1.36. The van der Waals surface area contributed by atoms with Crippen molar-refractivity contribution in [1.29, 1.82) is 0 Å². The molecule has 0 bridgehead atoms. The predicted octanol–water partition coefficient (Wildman–Crippen LogP) is 1.74. The molecule has 0 aromatic rings. The average molecular weight is 241 g/mol. The molecule has 1 saturated heterocycles. The molecule has 0 aromatic heterocycles. The highest BCUT2D eigenvalue weighted by Crippen LogP contribution is 2.28. The van der Waals surface area contributed by atoms with Crippen LogP contribution >= 0.6 is 0 Å². The number of carbonyl (C=O) groups excluding carboxylic acids is 1. The predicted molar refractivity (Wildman–Crippen MR) is 62.6 cm³/mol. The van der Waals surface area contributed by atoms with Crippen LogP contribution in [0.5, 0.6) is 0 Å². The van der Waals surface area contributed by atoms with Gasteiger partial charge in [0.1, 0.15) is 12.6 Å². The molecule has 5 nitrogen and oxygen atoms in total. The van der Waals surface area contributed by atoms with Gasteiger partial charge in [0.05, 0.1) is 0 Å². The van der Waals surface area contributed by atoms with Crippen molar-refractivity contribution < 1.29 is 19.4 Å². The van der Waals surface area contributed by atoms with E-state index in [1.807, 2.05) is 13.8 Å². The third kappa shape index (κ3) is 3.22. The maximum Gasteiger partial charge on any atom is 0.410 e. The van der Waals surface area contributed by atoms with Crippen LogP contribution in [-0.2, 0) is 9.53 Å².